The maximum absolute atomic E-state index is 12.0. The molecule has 0 spiro atoms. The predicted octanol–water partition coefficient (Wildman–Crippen LogP) is 1.56. The Morgan fingerprint density at radius 3 is 2.76 bits per heavy atom. The molecule has 0 radical (unpaired) electrons. The third-order valence-electron chi connectivity index (χ3n) is 2.01. The van der Waals surface area contributed by atoms with Crippen LogP contribution in [0.1, 0.15) is 0 Å². The number of nitrogens with two attached hydrogens (primary N) is 1. The van der Waals surface area contributed by atoms with Crippen molar-refractivity contribution in [3.05, 3.63) is 34.9 Å². The summed E-state index contributed by atoms with van der Waals surface area (Å²) in [4.78, 5) is 0.140. The average Bonchev–Trinajstić information content (AvgIpc) is 2.64. The lowest BCUT2D eigenvalue weighted by molar-refractivity contribution is 0.601. The molecule has 8 heteroatoms. The molecule has 2 aromatic rings. The van der Waals surface area contributed by atoms with Crippen molar-refractivity contribution in [1.29, 1.82) is 0 Å². The van der Waals surface area contributed by atoms with Crippen LogP contribution in [0.25, 0.3) is 0 Å². The summed E-state index contributed by atoms with van der Waals surface area (Å²) in [5.41, 5.74) is 5.77. The number of nitrogens with zero attached hydrogens (tertiary/aromatic N) is 1. The van der Waals surface area contributed by atoms with Crippen LogP contribution in [-0.4, -0.2) is 18.6 Å². The van der Waals surface area contributed by atoms with Gasteiger partial charge in [-0.05, 0) is 18.2 Å². The second kappa shape index (κ2) is 4.38. The molecule has 0 fully saturated rings. The lowest BCUT2D eigenvalue weighted by Crippen LogP contribution is -2.14. The Labute approximate surface area is 106 Å². The molecule has 0 unspecified atom stereocenters. The molecule has 0 saturated carbocycles. The number of rotatable bonds is 3. The largest absolute Gasteiger partial charge is 0.394 e. The molecule has 2 rings (SSSR count). The summed E-state index contributed by atoms with van der Waals surface area (Å²) in [5.74, 6) is 0.157. The van der Waals surface area contributed by atoms with Gasteiger partial charge in [-0.25, -0.2) is 8.42 Å². The van der Waals surface area contributed by atoms with E-state index in [0.717, 1.165) is 0 Å². The van der Waals surface area contributed by atoms with E-state index in [1.807, 2.05) is 0 Å². The van der Waals surface area contributed by atoms with E-state index >= 15 is 0 Å². The molecule has 0 aliphatic rings. The molecule has 4 N–H and O–H groups in total. The van der Waals surface area contributed by atoms with E-state index < -0.39 is 10.0 Å². The molecule has 17 heavy (non-hydrogen) atoms. The van der Waals surface area contributed by atoms with E-state index in [9.17, 15) is 8.42 Å². The van der Waals surface area contributed by atoms with Gasteiger partial charge in [0.15, 0.2) is 5.82 Å². The minimum atomic E-state index is -3.66. The van der Waals surface area contributed by atoms with Crippen LogP contribution in [0.4, 0.5) is 11.5 Å². The predicted molar refractivity (Wildman–Crippen MR) is 68.0 cm³/mol. The number of aromatic nitrogens is 2. The second-order valence-electron chi connectivity index (χ2n) is 3.26. The maximum atomic E-state index is 12.0. The highest BCUT2D eigenvalue weighted by molar-refractivity contribution is 9.10. The van der Waals surface area contributed by atoms with Crippen molar-refractivity contribution >= 4 is 37.5 Å². The van der Waals surface area contributed by atoms with Gasteiger partial charge in [0.25, 0.3) is 10.0 Å². The molecule has 0 atom stereocenters. The molecule has 1 heterocycles. The van der Waals surface area contributed by atoms with Crippen LogP contribution in [-0.2, 0) is 10.0 Å². The Morgan fingerprint density at radius 1 is 1.41 bits per heavy atom. The summed E-state index contributed by atoms with van der Waals surface area (Å²) in [7, 11) is -3.66. The Bertz CT molecular complexity index is 638. The third kappa shape index (κ3) is 2.59. The lowest BCUT2D eigenvalue weighted by atomic mass is 10.4. The first-order chi connectivity index (χ1) is 7.99. The van der Waals surface area contributed by atoms with Crippen molar-refractivity contribution in [3.63, 3.8) is 0 Å². The van der Waals surface area contributed by atoms with Crippen molar-refractivity contribution in [3.8, 4) is 0 Å². The van der Waals surface area contributed by atoms with E-state index in [1.165, 1.54) is 18.3 Å². The molecule has 0 saturated heterocycles. The fourth-order valence-corrected chi connectivity index (χ4v) is 2.85. The van der Waals surface area contributed by atoms with Gasteiger partial charge in [-0.2, -0.15) is 5.10 Å². The Kier molecular flexibility index (Phi) is 3.07. The number of aromatic amines is 1. The minimum absolute atomic E-state index is 0.140. The van der Waals surface area contributed by atoms with Gasteiger partial charge in [0, 0.05) is 4.47 Å². The zero-order valence-electron chi connectivity index (χ0n) is 8.51. The number of nitrogens with one attached hydrogen (secondary N) is 2. The summed E-state index contributed by atoms with van der Waals surface area (Å²) in [5, 5.41) is 6.10. The molecule has 1 aromatic heterocycles. The van der Waals surface area contributed by atoms with E-state index in [-0.39, 0.29) is 16.4 Å². The third-order valence-corrected chi connectivity index (χ3v) is 3.85. The molecule has 0 aliphatic carbocycles. The van der Waals surface area contributed by atoms with Gasteiger partial charge in [-0.15, -0.1) is 0 Å². The minimum Gasteiger partial charge on any atom is -0.394 e. The summed E-state index contributed by atoms with van der Waals surface area (Å²) >= 11 is 3.21. The van der Waals surface area contributed by atoms with E-state index in [1.54, 1.807) is 12.1 Å². The fraction of sp³-hybridized carbons (Fsp3) is 0. The standard InChI is InChI=1S/C9H9BrN4O2S/c10-6-2-1-3-7(4-6)17(15,16)14-9-8(11)5-12-13-9/h1-5H,11H2,(H2,12,13,14). The normalized spacial score (nSPS) is 11.4. The SMILES string of the molecule is Nc1cn[nH]c1NS(=O)(=O)c1cccc(Br)c1. The quantitative estimate of drug-likeness (QED) is 0.799. The van der Waals surface area contributed by atoms with Crippen molar-refractivity contribution in [1.82, 2.24) is 10.2 Å². The smallest absolute Gasteiger partial charge is 0.263 e. The number of anilines is 2. The Hall–Kier alpha value is -1.54. The van der Waals surface area contributed by atoms with Gasteiger partial charge in [0.1, 0.15) is 0 Å². The molecule has 0 bridgehead atoms. The zero-order valence-corrected chi connectivity index (χ0v) is 10.9. The first-order valence-corrected chi connectivity index (χ1v) is 6.84. The molecule has 6 nitrogen and oxygen atoms in total. The van der Waals surface area contributed by atoms with Crippen LogP contribution in [0.15, 0.2) is 39.8 Å². The highest BCUT2D eigenvalue weighted by Gasteiger charge is 2.16. The summed E-state index contributed by atoms with van der Waals surface area (Å²) < 4.78 is 26.9. The number of halogens is 1. The average molecular weight is 317 g/mol. The number of benzene rings is 1. The van der Waals surface area contributed by atoms with Gasteiger partial charge < -0.3 is 5.73 Å². The van der Waals surface area contributed by atoms with Crippen molar-refractivity contribution < 1.29 is 8.42 Å². The summed E-state index contributed by atoms with van der Waals surface area (Å²) in [6, 6.07) is 6.35. The van der Waals surface area contributed by atoms with Gasteiger partial charge in [-0.1, -0.05) is 22.0 Å². The first-order valence-electron chi connectivity index (χ1n) is 4.56. The Morgan fingerprint density at radius 2 is 2.18 bits per heavy atom. The van der Waals surface area contributed by atoms with Crippen LogP contribution < -0.4 is 10.5 Å². The van der Waals surface area contributed by atoms with E-state index in [0.29, 0.717) is 4.47 Å². The number of sulfonamides is 1. The summed E-state index contributed by atoms with van der Waals surface area (Å²) in [6.07, 6.45) is 1.33. The molecule has 1 aromatic carbocycles. The summed E-state index contributed by atoms with van der Waals surface area (Å²) in [6.45, 7) is 0. The van der Waals surface area contributed by atoms with Crippen LogP contribution >= 0.6 is 15.9 Å². The van der Waals surface area contributed by atoms with Crippen LogP contribution in [0.3, 0.4) is 0 Å². The molecular weight excluding hydrogens is 308 g/mol. The first kappa shape index (κ1) is 11.9. The monoisotopic (exact) mass is 316 g/mol. The molecule has 90 valence electrons. The van der Waals surface area contributed by atoms with Gasteiger partial charge in [-0.3, -0.25) is 9.82 Å². The molecule has 0 aliphatic heterocycles. The van der Waals surface area contributed by atoms with E-state index in [4.69, 9.17) is 5.73 Å². The number of H-pyrrole nitrogens is 1. The fourth-order valence-electron chi connectivity index (χ4n) is 1.20. The van der Waals surface area contributed by atoms with Crippen LogP contribution in [0.5, 0.6) is 0 Å². The number of nitrogen functional groups attached to an aromatic ring is 1. The van der Waals surface area contributed by atoms with Crippen molar-refractivity contribution in [2.75, 3.05) is 10.5 Å². The van der Waals surface area contributed by atoms with Gasteiger partial charge in [0.2, 0.25) is 0 Å². The highest BCUT2D eigenvalue weighted by atomic mass is 79.9. The van der Waals surface area contributed by atoms with Gasteiger partial charge >= 0.3 is 0 Å². The van der Waals surface area contributed by atoms with Gasteiger partial charge in [0.05, 0.1) is 16.8 Å². The zero-order chi connectivity index (χ0) is 12.5. The number of hydrogen-bond donors (Lipinski definition) is 3. The van der Waals surface area contributed by atoms with Crippen molar-refractivity contribution in [2.24, 2.45) is 0 Å². The molecular formula is C9H9BrN4O2S. The number of hydrogen-bond acceptors (Lipinski definition) is 4. The maximum Gasteiger partial charge on any atom is 0.263 e. The lowest BCUT2D eigenvalue weighted by Gasteiger charge is -2.06. The second-order valence-corrected chi connectivity index (χ2v) is 5.86. The van der Waals surface area contributed by atoms with Crippen molar-refractivity contribution in [2.45, 2.75) is 4.90 Å². The Balaban J connectivity index is 2.35. The highest BCUT2D eigenvalue weighted by Crippen LogP contribution is 2.21. The topological polar surface area (TPSA) is 101 Å². The van der Waals surface area contributed by atoms with Crippen LogP contribution in [0, 0.1) is 0 Å². The van der Waals surface area contributed by atoms with Crippen LogP contribution in [0.2, 0.25) is 0 Å². The molecule has 0 amide bonds. The van der Waals surface area contributed by atoms with E-state index in [2.05, 4.69) is 30.8 Å².